The highest BCUT2D eigenvalue weighted by atomic mass is 19.1. The molecule has 0 unspecified atom stereocenters. The predicted molar refractivity (Wildman–Crippen MR) is 71.9 cm³/mol. The summed E-state index contributed by atoms with van der Waals surface area (Å²) in [5.41, 5.74) is 1.13. The fourth-order valence-corrected chi connectivity index (χ4v) is 1.75. The number of anilines is 1. The van der Waals surface area contributed by atoms with Crippen molar-refractivity contribution in [2.24, 2.45) is 0 Å². The average molecular weight is 284 g/mol. The maximum Gasteiger partial charge on any atom is 0.260 e. The molecule has 7 heteroatoms. The standard InChI is InChI=1S/C14H9FN4O2/c15-12-11(2-1-7-16-12)13(20)18-10-5-3-9(4-6-10)14-19-17-8-21-14/h1-8H,(H,18,20). The second-order valence-corrected chi connectivity index (χ2v) is 4.12. The lowest BCUT2D eigenvalue weighted by molar-refractivity contribution is 0.102. The SMILES string of the molecule is O=C(Nc1ccc(-c2nnco2)cc1)c1cccnc1F. The van der Waals surface area contributed by atoms with Crippen LogP contribution in [0.15, 0.2) is 53.4 Å². The van der Waals surface area contributed by atoms with Crippen LogP contribution in [0.4, 0.5) is 10.1 Å². The summed E-state index contributed by atoms with van der Waals surface area (Å²) >= 11 is 0. The van der Waals surface area contributed by atoms with E-state index < -0.39 is 11.9 Å². The third kappa shape index (κ3) is 2.76. The van der Waals surface area contributed by atoms with E-state index >= 15 is 0 Å². The van der Waals surface area contributed by atoms with Crippen LogP contribution in [0.5, 0.6) is 0 Å². The Balaban J connectivity index is 1.77. The van der Waals surface area contributed by atoms with Gasteiger partial charge < -0.3 is 9.73 Å². The van der Waals surface area contributed by atoms with Gasteiger partial charge in [-0.3, -0.25) is 4.79 Å². The minimum Gasteiger partial charge on any atom is -0.423 e. The number of nitrogens with one attached hydrogen (secondary N) is 1. The quantitative estimate of drug-likeness (QED) is 0.747. The lowest BCUT2D eigenvalue weighted by Crippen LogP contribution is -2.14. The van der Waals surface area contributed by atoms with E-state index in [2.05, 4.69) is 20.5 Å². The van der Waals surface area contributed by atoms with Crippen molar-refractivity contribution in [3.05, 3.63) is 60.5 Å². The van der Waals surface area contributed by atoms with Crippen molar-refractivity contribution >= 4 is 11.6 Å². The molecule has 0 aliphatic rings. The van der Waals surface area contributed by atoms with Gasteiger partial charge in [-0.05, 0) is 36.4 Å². The molecule has 0 saturated heterocycles. The van der Waals surface area contributed by atoms with E-state index in [9.17, 15) is 9.18 Å². The van der Waals surface area contributed by atoms with Crippen molar-refractivity contribution in [1.29, 1.82) is 0 Å². The Morgan fingerprint density at radius 1 is 1.19 bits per heavy atom. The summed E-state index contributed by atoms with van der Waals surface area (Å²) in [7, 11) is 0. The van der Waals surface area contributed by atoms with Gasteiger partial charge in [0.2, 0.25) is 18.2 Å². The number of hydrogen-bond acceptors (Lipinski definition) is 5. The molecule has 0 aliphatic heterocycles. The van der Waals surface area contributed by atoms with Gasteiger partial charge in [0.1, 0.15) is 0 Å². The highest BCUT2D eigenvalue weighted by Crippen LogP contribution is 2.19. The van der Waals surface area contributed by atoms with Gasteiger partial charge in [-0.25, -0.2) is 4.98 Å². The van der Waals surface area contributed by atoms with E-state index in [0.717, 1.165) is 5.56 Å². The topological polar surface area (TPSA) is 80.9 Å². The predicted octanol–water partition coefficient (Wildman–Crippen LogP) is 2.52. The summed E-state index contributed by atoms with van der Waals surface area (Å²) in [5.74, 6) is -0.991. The number of carbonyl (C=O) groups excluding carboxylic acids is 1. The molecule has 104 valence electrons. The van der Waals surface area contributed by atoms with Crippen LogP contribution in [0.2, 0.25) is 0 Å². The molecular formula is C14H9FN4O2. The largest absolute Gasteiger partial charge is 0.423 e. The van der Waals surface area contributed by atoms with Crippen molar-refractivity contribution in [3.63, 3.8) is 0 Å². The Morgan fingerprint density at radius 3 is 2.67 bits per heavy atom. The molecule has 1 N–H and O–H groups in total. The molecule has 2 aromatic heterocycles. The first-order valence-corrected chi connectivity index (χ1v) is 6.02. The summed E-state index contributed by atoms with van der Waals surface area (Å²) in [6.45, 7) is 0. The van der Waals surface area contributed by atoms with Gasteiger partial charge in [0.25, 0.3) is 5.91 Å². The molecule has 0 fully saturated rings. The fourth-order valence-electron chi connectivity index (χ4n) is 1.75. The monoisotopic (exact) mass is 284 g/mol. The highest BCUT2D eigenvalue weighted by Gasteiger charge is 2.12. The Labute approximate surface area is 118 Å². The number of hydrogen-bond donors (Lipinski definition) is 1. The molecule has 6 nitrogen and oxygen atoms in total. The number of pyridine rings is 1. The normalized spacial score (nSPS) is 10.3. The van der Waals surface area contributed by atoms with Gasteiger partial charge >= 0.3 is 0 Å². The van der Waals surface area contributed by atoms with Crippen molar-refractivity contribution in [1.82, 2.24) is 15.2 Å². The molecule has 1 amide bonds. The smallest absolute Gasteiger partial charge is 0.260 e. The summed E-state index contributed by atoms with van der Waals surface area (Å²) in [4.78, 5) is 15.4. The summed E-state index contributed by atoms with van der Waals surface area (Å²) in [6.07, 6.45) is 2.52. The first-order valence-electron chi connectivity index (χ1n) is 6.02. The van der Waals surface area contributed by atoms with Crippen LogP contribution in [0, 0.1) is 5.95 Å². The second kappa shape index (κ2) is 5.49. The molecule has 0 radical (unpaired) electrons. The van der Waals surface area contributed by atoms with Crippen LogP contribution in [0.25, 0.3) is 11.5 Å². The molecule has 0 atom stereocenters. The summed E-state index contributed by atoms with van der Waals surface area (Å²) in [6, 6.07) is 9.60. The van der Waals surface area contributed by atoms with Crippen LogP contribution >= 0.6 is 0 Å². The number of aromatic nitrogens is 3. The van der Waals surface area contributed by atoms with Crippen LogP contribution in [-0.2, 0) is 0 Å². The Bertz CT molecular complexity index is 757. The number of nitrogens with zero attached hydrogens (tertiary/aromatic N) is 3. The lowest BCUT2D eigenvalue weighted by Gasteiger charge is -2.05. The zero-order chi connectivity index (χ0) is 14.7. The zero-order valence-electron chi connectivity index (χ0n) is 10.7. The number of rotatable bonds is 3. The van der Waals surface area contributed by atoms with Gasteiger partial charge in [-0.15, -0.1) is 10.2 Å². The third-order valence-electron chi connectivity index (χ3n) is 2.75. The number of halogens is 1. The average Bonchev–Trinajstić information content (AvgIpc) is 3.02. The van der Waals surface area contributed by atoms with E-state index in [0.29, 0.717) is 11.6 Å². The fraction of sp³-hybridized carbons (Fsp3) is 0. The van der Waals surface area contributed by atoms with E-state index in [-0.39, 0.29) is 5.56 Å². The minimum absolute atomic E-state index is 0.113. The number of carbonyl (C=O) groups is 1. The van der Waals surface area contributed by atoms with Crippen LogP contribution in [-0.4, -0.2) is 21.1 Å². The van der Waals surface area contributed by atoms with Crippen LogP contribution < -0.4 is 5.32 Å². The van der Waals surface area contributed by atoms with E-state index in [1.807, 2.05) is 0 Å². The molecular weight excluding hydrogens is 275 g/mol. The Morgan fingerprint density at radius 2 is 2.00 bits per heavy atom. The van der Waals surface area contributed by atoms with Gasteiger partial charge in [-0.2, -0.15) is 4.39 Å². The maximum atomic E-state index is 13.4. The molecule has 2 heterocycles. The van der Waals surface area contributed by atoms with Gasteiger partial charge in [0.15, 0.2) is 0 Å². The van der Waals surface area contributed by atoms with Gasteiger partial charge in [0.05, 0.1) is 5.56 Å². The maximum absolute atomic E-state index is 13.4. The van der Waals surface area contributed by atoms with Crippen molar-refractivity contribution in [2.75, 3.05) is 5.32 Å². The minimum atomic E-state index is -0.808. The third-order valence-corrected chi connectivity index (χ3v) is 2.75. The van der Waals surface area contributed by atoms with E-state index in [1.165, 1.54) is 24.7 Å². The molecule has 0 aliphatic carbocycles. The number of amides is 1. The first-order chi connectivity index (χ1) is 10.2. The van der Waals surface area contributed by atoms with Gasteiger partial charge in [-0.1, -0.05) is 0 Å². The summed E-state index contributed by atoms with van der Waals surface area (Å²) in [5, 5.41) is 9.94. The van der Waals surface area contributed by atoms with E-state index in [1.54, 1.807) is 24.3 Å². The highest BCUT2D eigenvalue weighted by molar-refractivity contribution is 6.04. The van der Waals surface area contributed by atoms with Crippen LogP contribution in [0.1, 0.15) is 10.4 Å². The molecule has 1 aromatic carbocycles. The van der Waals surface area contributed by atoms with Crippen molar-refractivity contribution < 1.29 is 13.6 Å². The van der Waals surface area contributed by atoms with E-state index in [4.69, 9.17) is 4.42 Å². The molecule has 21 heavy (non-hydrogen) atoms. The summed E-state index contributed by atoms with van der Waals surface area (Å²) < 4.78 is 18.5. The molecule has 0 bridgehead atoms. The molecule has 3 rings (SSSR count). The second-order valence-electron chi connectivity index (χ2n) is 4.12. The van der Waals surface area contributed by atoms with Crippen molar-refractivity contribution in [3.8, 4) is 11.5 Å². The number of benzene rings is 1. The Hall–Kier alpha value is -3.09. The van der Waals surface area contributed by atoms with Crippen LogP contribution in [0.3, 0.4) is 0 Å². The van der Waals surface area contributed by atoms with Crippen molar-refractivity contribution in [2.45, 2.75) is 0 Å². The van der Waals surface area contributed by atoms with Gasteiger partial charge in [0, 0.05) is 17.4 Å². The lowest BCUT2D eigenvalue weighted by atomic mass is 10.2. The molecule has 3 aromatic rings. The zero-order valence-corrected chi connectivity index (χ0v) is 10.7. The molecule has 0 saturated carbocycles. The Kier molecular flexibility index (Phi) is 3.38. The first kappa shape index (κ1) is 12.9. The molecule has 0 spiro atoms.